The first-order valence-electron chi connectivity index (χ1n) is 11.9. The lowest BCUT2D eigenvalue weighted by atomic mass is 9.91. The Morgan fingerprint density at radius 1 is 1.11 bits per heavy atom. The number of methoxy groups -OCH3 is 2. The van der Waals surface area contributed by atoms with Crippen LogP contribution < -0.4 is 19.5 Å². The van der Waals surface area contributed by atoms with Crippen molar-refractivity contribution >= 4 is 9.84 Å². The minimum atomic E-state index is -3.62. The molecular weight excluding hydrogens is 466 g/mol. The first-order chi connectivity index (χ1) is 16.9. The number of sulfone groups is 1. The van der Waals surface area contributed by atoms with Crippen LogP contribution in [0.1, 0.15) is 42.6 Å². The number of rotatable bonds is 10. The Morgan fingerprint density at radius 3 is 2.51 bits per heavy atom. The number of hydrogen-bond donors (Lipinski definition) is 1. The highest BCUT2D eigenvalue weighted by Crippen LogP contribution is 2.36. The van der Waals surface area contributed by atoms with Gasteiger partial charge < -0.3 is 19.5 Å². The number of aromatic nitrogens is 2. The third-order valence-electron chi connectivity index (χ3n) is 6.49. The maximum absolute atomic E-state index is 13.0. The smallest absolute Gasteiger partial charge is 0.209 e. The van der Waals surface area contributed by atoms with Gasteiger partial charge in [0.2, 0.25) is 9.84 Å². The summed E-state index contributed by atoms with van der Waals surface area (Å²) >= 11 is 0. The van der Waals surface area contributed by atoms with Crippen molar-refractivity contribution in [2.45, 2.75) is 48.4 Å². The standard InChI is InChI=1S/C26H33N3O5S/c1-5-23-26(17-28-29(23)2)35(30,31)20-10-8-19(9-11-20)34-14-6-7-22-21-16-25(33-4)24(32-3)15-18(21)12-13-27-22/h8-11,15-17,22,27H,5-7,12-14H2,1-4H3. The summed E-state index contributed by atoms with van der Waals surface area (Å²) in [5.74, 6) is 2.15. The van der Waals surface area contributed by atoms with Crippen LogP contribution in [0.3, 0.4) is 0 Å². The Kier molecular flexibility index (Phi) is 7.66. The number of nitrogens with zero attached hydrogens (tertiary/aromatic N) is 2. The van der Waals surface area contributed by atoms with Crippen LogP contribution in [0.5, 0.6) is 17.2 Å². The average Bonchev–Trinajstić information content (AvgIpc) is 3.27. The van der Waals surface area contributed by atoms with Crippen molar-refractivity contribution in [1.29, 1.82) is 0 Å². The molecule has 0 saturated heterocycles. The Morgan fingerprint density at radius 2 is 1.83 bits per heavy atom. The van der Waals surface area contributed by atoms with Crippen molar-refractivity contribution in [3.63, 3.8) is 0 Å². The third-order valence-corrected chi connectivity index (χ3v) is 8.31. The topological polar surface area (TPSA) is 91.7 Å². The van der Waals surface area contributed by atoms with Gasteiger partial charge in [-0.25, -0.2) is 8.42 Å². The Bertz CT molecular complexity index is 1270. The van der Waals surface area contributed by atoms with Crippen LogP contribution in [-0.4, -0.2) is 45.6 Å². The lowest BCUT2D eigenvalue weighted by Crippen LogP contribution is -2.30. The molecule has 0 aliphatic carbocycles. The third kappa shape index (κ3) is 5.16. The maximum atomic E-state index is 13.0. The zero-order valence-corrected chi connectivity index (χ0v) is 21.5. The summed E-state index contributed by atoms with van der Waals surface area (Å²) in [4.78, 5) is 0.491. The van der Waals surface area contributed by atoms with Gasteiger partial charge in [0.1, 0.15) is 10.6 Å². The summed E-state index contributed by atoms with van der Waals surface area (Å²) in [6.45, 7) is 3.37. The second kappa shape index (κ2) is 10.7. The molecule has 1 atom stereocenters. The largest absolute Gasteiger partial charge is 0.494 e. The Hall–Kier alpha value is -3.04. The second-order valence-corrected chi connectivity index (χ2v) is 10.5. The van der Waals surface area contributed by atoms with Crippen molar-refractivity contribution in [2.24, 2.45) is 7.05 Å². The Balaban J connectivity index is 1.36. The van der Waals surface area contributed by atoms with Gasteiger partial charge in [-0.3, -0.25) is 4.68 Å². The normalized spacial score (nSPS) is 15.5. The van der Waals surface area contributed by atoms with Crippen LogP contribution in [0.15, 0.2) is 52.4 Å². The van der Waals surface area contributed by atoms with Gasteiger partial charge >= 0.3 is 0 Å². The van der Waals surface area contributed by atoms with E-state index in [9.17, 15) is 8.42 Å². The fraction of sp³-hybridized carbons (Fsp3) is 0.423. The summed E-state index contributed by atoms with van der Waals surface area (Å²) in [6.07, 6.45) is 4.72. The minimum absolute atomic E-state index is 0.224. The summed E-state index contributed by atoms with van der Waals surface area (Å²) in [6, 6.07) is 11.0. The molecule has 1 N–H and O–H groups in total. The van der Waals surface area contributed by atoms with Crippen LogP contribution in [0.25, 0.3) is 0 Å². The maximum Gasteiger partial charge on any atom is 0.209 e. The summed E-state index contributed by atoms with van der Waals surface area (Å²) in [7, 11) is 1.44. The van der Waals surface area contributed by atoms with E-state index in [2.05, 4.69) is 22.5 Å². The van der Waals surface area contributed by atoms with E-state index in [0.29, 0.717) is 24.5 Å². The minimum Gasteiger partial charge on any atom is -0.494 e. The fourth-order valence-corrected chi connectivity index (χ4v) is 6.14. The molecule has 8 nitrogen and oxygen atoms in total. The van der Waals surface area contributed by atoms with Crippen LogP contribution in [-0.2, 0) is 29.7 Å². The van der Waals surface area contributed by atoms with Crippen LogP contribution >= 0.6 is 0 Å². The summed E-state index contributed by atoms with van der Waals surface area (Å²) in [5.41, 5.74) is 3.22. The van der Waals surface area contributed by atoms with Gasteiger partial charge in [-0.15, -0.1) is 0 Å². The molecule has 0 spiro atoms. The molecule has 188 valence electrons. The van der Waals surface area contributed by atoms with Crippen molar-refractivity contribution in [3.8, 4) is 17.2 Å². The van der Waals surface area contributed by atoms with Gasteiger partial charge in [0.15, 0.2) is 11.5 Å². The first kappa shape index (κ1) is 25.1. The predicted octanol–water partition coefficient (Wildman–Crippen LogP) is 3.88. The molecular formula is C26H33N3O5S. The molecule has 2 aromatic carbocycles. The number of nitrogens with one attached hydrogen (secondary N) is 1. The summed E-state index contributed by atoms with van der Waals surface area (Å²) in [5, 5.41) is 7.70. The zero-order valence-electron chi connectivity index (χ0n) is 20.7. The van der Waals surface area contributed by atoms with E-state index in [4.69, 9.17) is 14.2 Å². The highest BCUT2D eigenvalue weighted by molar-refractivity contribution is 7.91. The molecule has 0 radical (unpaired) electrons. The van der Waals surface area contributed by atoms with Gasteiger partial charge in [-0.05, 0) is 79.8 Å². The van der Waals surface area contributed by atoms with Crippen LogP contribution in [0.2, 0.25) is 0 Å². The molecule has 9 heteroatoms. The molecule has 3 aromatic rings. The number of aryl methyl sites for hydroxylation is 1. The van der Waals surface area contributed by atoms with Gasteiger partial charge in [0.05, 0.1) is 37.6 Å². The van der Waals surface area contributed by atoms with Crippen LogP contribution in [0.4, 0.5) is 0 Å². The molecule has 0 bridgehead atoms. The van der Waals surface area contributed by atoms with Crippen LogP contribution in [0, 0.1) is 0 Å². The van der Waals surface area contributed by atoms with Crippen molar-refractivity contribution in [3.05, 3.63) is 59.4 Å². The number of fused-ring (bicyclic) bond motifs is 1. The molecule has 1 aliphatic heterocycles. The average molecular weight is 500 g/mol. The van der Waals surface area contributed by atoms with Gasteiger partial charge in [0.25, 0.3) is 0 Å². The van der Waals surface area contributed by atoms with E-state index in [0.717, 1.165) is 37.3 Å². The Labute approximate surface area is 207 Å². The SMILES string of the molecule is CCc1c(S(=O)(=O)c2ccc(OCCCC3NCCc4cc(OC)c(OC)cc43)cc2)cnn1C. The molecule has 0 fully saturated rings. The first-order valence-corrected chi connectivity index (χ1v) is 13.3. The highest BCUT2D eigenvalue weighted by Gasteiger charge is 2.24. The molecule has 1 aromatic heterocycles. The molecule has 35 heavy (non-hydrogen) atoms. The molecule has 2 heterocycles. The molecule has 4 rings (SSSR count). The lowest BCUT2D eigenvalue weighted by molar-refractivity contribution is 0.294. The molecule has 0 saturated carbocycles. The molecule has 0 amide bonds. The number of ether oxygens (including phenoxy) is 3. The fourth-order valence-electron chi connectivity index (χ4n) is 4.62. The van der Waals surface area contributed by atoms with Crippen molar-refractivity contribution < 1.29 is 22.6 Å². The second-order valence-electron chi connectivity index (χ2n) is 8.56. The van der Waals surface area contributed by atoms with E-state index in [1.165, 1.54) is 17.3 Å². The highest BCUT2D eigenvalue weighted by atomic mass is 32.2. The number of benzene rings is 2. The van der Waals surface area contributed by atoms with Crippen molar-refractivity contribution in [1.82, 2.24) is 15.1 Å². The van der Waals surface area contributed by atoms with E-state index in [1.807, 2.05) is 6.92 Å². The monoisotopic (exact) mass is 499 g/mol. The lowest BCUT2D eigenvalue weighted by Gasteiger charge is -2.28. The van der Waals surface area contributed by atoms with E-state index < -0.39 is 9.84 Å². The summed E-state index contributed by atoms with van der Waals surface area (Å²) < 4.78 is 44.5. The van der Waals surface area contributed by atoms with Gasteiger partial charge in [-0.1, -0.05) is 6.92 Å². The number of hydrogen-bond acceptors (Lipinski definition) is 7. The van der Waals surface area contributed by atoms with E-state index >= 15 is 0 Å². The zero-order chi connectivity index (χ0) is 25.0. The van der Waals surface area contributed by atoms with E-state index in [-0.39, 0.29) is 15.8 Å². The predicted molar refractivity (Wildman–Crippen MR) is 133 cm³/mol. The van der Waals surface area contributed by atoms with Crippen molar-refractivity contribution in [2.75, 3.05) is 27.4 Å². The quantitative estimate of drug-likeness (QED) is 0.423. The van der Waals surface area contributed by atoms with E-state index in [1.54, 1.807) is 50.2 Å². The van der Waals surface area contributed by atoms with Gasteiger partial charge in [0, 0.05) is 13.1 Å². The molecule has 1 aliphatic rings. The molecule has 1 unspecified atom stereocenters. The van der Waals surface area contributed by atoms with Gasteiger partial charge in [-0.2, -0.15) is 5.10 Å².